The van der Waals surface area contributed by atoms with E-state index in [4.69, 9.17) is 0 Å². The molecule has 0 radical (unpaired) electrons. The molecule has 1 aromatic carbocycles. The molecule has 1 aliphatic rings. The molecular weight excluding hydrogens is 292 g/mol. The predicted octanol–water partition coefficient (Wildman–Crippen LogP) is 2.66. The van der Waals surface area contributed by atoms with Crippen LogP contribution in [0.3, 0.4) is 0 Å². The second-order valence-corrected chi connectivity index (χ2v) is 6.01. The van der Waals surface area contributed by atoms with Gasteiger partial charge in [-0.1, -0.05) is 25.1 Å². The first-order chi connectivity index (χ1) is 11.0. The monoisotopic (exact) mass is 312 g/mol. The summed E-state index contributed by atoms with van der Waals surface area (Å²) in [5.74, 6) is -0.918. The van der Waals surface area contributed by atoms with E-state index in [9.17, 15) is 14.7 Å². The van der Waals surface area contributed by atoms with Crippen molar-refractivity contribution < 1.29 is 14.7 Å². The molecule has 5 heteroatoms. The summed E-state index contributed by atoms with van der Waals surface area (Å²) < 4.78 is 1.87. The van der Waals surface area contributed by atoms with Crippen LogP contribution in [0.2, 0.25) is 0 Å². The van der Waals surface area contributed by atoms with E-state index < -0.39 is 0 Å². The molecule has 1 amide bonds. The summed E-state index contributed by atoms with van der Waals surface area (Å²) in [4.78, 5) is 26.4. The molecule has 1 atom stereocenters. The average Bonchev–Trinajstić information content (AvgIpc) is 3.04. The first kappa shape index (κ1) is 15.3. The van der Waals surface area contributed by atoms with Gasteiger partial charge < -0.3 is 14.6 Å². The summed E-state index contributed by atoms with van der Waals surface area (Å²) in [6.45, 7) is 3.91. The van der Waals surface area contributed by atoms with Crippen LogP contribution in [0.5, 0.6) is 0 Å². The van der Waals surface area contributed by atoms with Crippen LogP contribution in [0.1, 0.15) is 25.8 Å². The molecular formula is C18H20N2O3. The van der Waals surface area contributed by atoms with E-state index in [1.165, 1.54) is 4.90 Å². The van der Waals surface area contributed by atoms with Crippen molar-refractivity contribution in [2.45, 2.75) is 26.3 Å². The lowest BCUT2D eigenvalue weighted by molar-refractivity contribution is -0.126. The van der Waals surface area contributed by atoms with Crippen molar-refractivity contribution in [2.24, 2.45) is 7.05 Å². The number of nitrogens with zero attached hydrogens (tertiary/aromatic N) is 2. The number of aromatic nitrogens is 1. The molecule has 0 saturated carbocycles. The van der Waals surface area contributed by atoms with Crippen molar-refractivity contribution in [3.63, 3.8) is 0 Å². The van der Waals surface area contributed by atoms with E-state index in [1.54, 1.807) is 6.20 Å². The van der Waals surface area contributed by atoms with Gasteiger partial charge in [-0.25, -0.2) is 0 Å². The highest BCUT2D eigenvalue weighted by atomic mass is 16.3. The molecule has 23 heavy (non-hydrogen) atoms. The van der Waals surface area contributed by atoms with Crippen LogP contribution >= 0.6 is 0 Å². The van der Waals surface area contributed by atoms with Gasteiger partial charge in [0, 0.05) is 35.8 Å². The molecule has 2 aromatic rings. The highest BCUT2D eigenvalue weighted by molar-refractivity contribution is 6.29. The van der Waals surface area contributed by atoms with Gasteiger partial charge >= 0.3 is 0 Å². The van der Waals surface area contributed by atoms with Gasteiger partial charge in [-0.05, 0) is 19.4 Å². The first-order valence-corrected chi connectivity index (χ1v) is 7.77. The largest absolute Gasteiger partial charge is 0.506 e. The fraction of sp³-hybridized carbons (Fsp3) is 0.333. The van der Waals surface area contributed by atoms with E-state index >= 15 is 0 Å². The molecule has 1 saturated heterocycles. The van der Waals surface area contributed by atoms with E-state index in [2.05, 4.69) is 0 Å². The molecule has 1 N–H and O–H groups in total. The molecule has 1 aliphatic heterocycles. The maximum Gasteiger partial charge on any atom is 0.262 e. The number of likely N-dealkylation sites (tertiary alicyclic amines) is 1. The van der Waals surface area contributed by atoms with Crippen molar-refractivity contribution in [3.8, 4) is 0 Å². The normalized spacial score (nSPS) is 18.8. The molecule has 3 rings (SSSR count). The third-order valence-corrected chi connectivity index (χ3v) is 4.58. The Morgan fingerprint density at radius 1 is 1.30 bits per heavy atom. The third kappa shape index (κ3) is 2.32. The molecule has 0 spiro atoms. The summed E-state index contributed by atoms with van der Waals surface area (Å²) >= 11 is 0. The minimum atomic E-state index is -0.380. The van der Waals surface area contributed by atoms with Crippen molar-refractivity contribution in [1.82, 2.24) is 9.47 Å². The second kappa shape index (κ2) is 5.57. The SMILES string of the molecule is CC[C@@H](C)N1CC(=O)/C(=C(/O)c2cn(C)c3ccccc23)C1=O. The smallest absolute Gasteiger partial charge is 0.262 e. The van der Waals surface area contributed by atoms with Crippen LogP contribution in [0.15, 0.2) is 36.0 Å². The fourth-order valence-corrected chi connectivity index (χ4v) is 3.04. The van der Waals surface area contributed by atoms with Crippen LogP contribution in [0.4, 0.5) is 0 Å². The number of para-hydroxylation sites is 1. The Morgan fingerprint density at radius 2 is 2.00 bits per heavy atom. The summed E-state index contributed by atoms with van der Waals surface area (Å²) in [5.41, 5.74) is 1.36. The Bertz CT molecular complexity index is 832. The number of amides is 1. The molecule has 5 nitrogen and oxygen atoms in total. The number of hydrogen-bond donors (Lipinski definition) is 1. The Kier molecular flexibility index (Phi) is 3.72. The topological polar surface area (TPSA) is 62.5 Å². The second-order valence-electron chi connectivity index (χ2n) is 6.01. The van der Waals surface area contributed by atoms with E-state index in [1.807, 2.05) is 49.7 Å². The molecule has 0 aliphatic carbocycles. The minimum absolute atomic E-state index is 0.0238. The van der Waals surface area contributed by atoms with Crippen molar-refractivity contribution in [1.29, 1.82) is 0 Å². The number of ketones is 1. The van der Waals surface area contributed by atoms with Crippen molar-refractivity contribution in [3.05, 3.63) is 41.6 Å². The zero-order valence-electron chi connectivity index (χ0n) is 13.5. The molecule has 0 bridgehead atoms. The van der Waals surface area contributed by atoms with Crippen LogP contribution in [0, 0.1) is 0 Å². The first-order valence-electron chi connectivity index (χ1n) is 7.77. The van der Waals surface area contributed by atoms with Gasteiger partial charge in [0.25, 0.3) is 5.91 Å². The molecule has 2 heterocycles. The Morgan fingerprint density at radius 3 is 2.70 bits per heavy atom. The quantitative estimate of drug-likeness (QED) is 0.538. The number of Topliss-reactive ketones (excluding diaryl/α,β-unsaturated/α-hetero) is 1. The maximum absolute atomic E-state index is 12.6. The van der Waals surface area contributed by atoms with Gasteiger partial charge in [0.15, 0.2) is 5.78 Å². The van der Waals surface area contributed by atoms with Crippen LogP contribution in [0.25, 0.3) is 16.7 Å². The minimum Gasteiger partial charge on any atom is -0.506 e. The van der Waals surface area contributed by atoms with Crippen LogP contribution in [-0.2, 0) is 16.6 Å². The number of aryl methyl sites for hydroxylation is 1. The predicted molar refractivity (Wildman–Crippen MR) is 88.9 cm³/mol. The fourth-order valence-electron chi connectivity index (χ4n) is 3.04. The zero-order chi connectivity index (χ0) is 16.7. The summed E-state index contributed by atoms with van der Waals surface area (Å²) in [5, 5.41) is 11.5. The lowest BCUT2D eigenvalue weighted by atomic mass is 10.1. The van der Waals surface area contributed by atoms with Gasteiger partial charge in [0.2, 0.25) is 0 Å². The Labute approximate surface area is 134 Å². The zero-order valence-corrected chi connectivity index (χ0v) is 13.5. The summed E-state index contributed by atoms with van der Waals surface area (Å²) in [6, 6.07) is 7.56. The number of hydrogen-bond acceptors (Lipinski definition) is 3. The van der Waals surface area contributed by atoms with Gasteiger partial charge in [-0.2, -0.15) is 0 Å². The Hall–Kier alpha value is -2.56. The highest BCUT2D eigenvalue weighted by Gasteiger charge is 2.39. The number of carbonyl (C=O) groups excluding carboxylic acids is 2. The number of benzene rings is 1. The number of aliphatic hydroxyl groups is 1. The van der Waals surface area contributed by atoms with E-state index in [-0.39, 0.29) is 35.6 Å². The number of aliphatic hydroxyl groups excluding tert-OH is 1. The lowest BCUT2D eigenvalue weighted by Gasteiger charge is -2.21. The molecule has 120 valence electrons. The number of carbonyl (C=O) groups is 2. The summed E-state index contributed by atoms with van der Waals surface area (Å²) in [6.07, 6.45) is 2.51. The van der Waals surface area contributed by atoms with Crippen molar-refractivity contribution >= 4 is 28.4 Å². The van der Waals surface area contributed by atoms with Crippen LogP contribution in [-0.4, -0.2) is 38.9 Å². The third-order valence-electron chi connectivity index (χ3n) is 4.58. The number of rotatable bonds is 3. The van der Waals surface area contributed by atoms with Crippen LogP contribution < -0.4 is 0 Å². The van der Waals surface area contributed by atoms with E-state index in [0.717, 1.165) is 17.3 Å². The standard InChI is InChI=1S/C18H20N2O3/c1-4-11(2)20-10-15(21)16(18(20)23)17(22)13-9-19(3)14-8-6-5-7-12(13)14/h5-9,11,22H,4,10H2,1-3H3/b17-16-/t11-/m1/s1. The van der Waals surface area contributed by atoms with Gasteiger partial charge in [0.1, 0.15) is 11.3 Å². The molecule has 1 aromatic heterocycles. The van der Waals surface area contributed by atoms with Gasteiger partial charge in [-0.15, -0.1) is 0 Å². The lowest BCUT2D eigenvalue weighted by Crippen LogP contribution is -2.34. The van der Waals surface area contributed by atoms with E-state index in [0.29, 0.717) is 5.56 Å². The van der Waals surface area contributed by atoms with Gasteiger partial charge in [0.05, 0.1) is 6.54 Å². The summed E-state index contributed by atoms with van der Waals surface area (Å²) in [7, 11) is 1.87. The number of fused-ring (bicyclic) bond motifs is 1. The maximum atomic E-state index is 12.6. The van der Waals surface area contributed by atoms with Gasteiger partial charge in [-0.3, -0.25) is 9.59 Å². The average molecular weight is 312 g/mol. The highest BCUT2D eigenvalue weighted by Crippen LogP contribution is 2.30. The Balaban J connectivity index is 2.13. The molecule has 0 unspecified atom stereocenters. The van der Waals surface area contributed by atoms with Crippen molar-refractivity contribution in [2.75, 3.05) is 6.54 Å². The molecule has 1 fully saturated rings.